The fourth-order valence-electron chi connectivity index (χ4n) is 3.95. The molecule has 0 aliphatic heterocycles. The van der Waals surface area contributed by atoms with E-state index >= 15 is 0 Å². The largest absolute Gasteiger partial charge is 0.489 e. The minimum absolute atomic E-state index is 0.221. The fraction of sp³-hybridized carbons (Fsp3) is 0.259. The second-order valence-electron chi connectivity index (χ2n) is 8.10. The molecular formula is C27H27N3O2. The van der Waals surface area contributed by atoms with Gasteiger partial charge in [-0.3, -0.25) is 4.79 Å². The van der Waals surface area contributed by atoms with Crippen LogP contribution in [0.25, 0.3) is 0 Å². The number of anilines is 2. The molecule has 0 bridgehead atoms. The van der Waals surface area contributed by atoms with Crippen molar-refractivity contribution in [1.82, 2.24) is 0 Å². The Morgan fingerprint density at radius 2 is 1.69 bits per heavy atom. The second kappa shape index (κ2) is 10.5. The lowest BCUT2D eigenvalue weighted by Gasteiger charge is -2.25. The van der Waals surface area contributed by atoms with E-state index < -0.39 is 0 Å². The zero-order valence-corrected chi connectivity index (χ0v) is 18.0. The van der Waals surface area contributed by atoms with E-state index in [9.17, 15) is 10.1 Å². The lowest BCUT2D eigenvalue weighted by Crippen LogP contribution is -2.23. The van der Waals surface area contributed by atoms with E-state index in [0.717, 1.165) is 24.1 Å². The Bertz CT molecular complexity index is 1080. The Morgan fingerprint density at radius 3 is 2.41 bits per heavy atom. The van der Waals surface area contributed by atoms with Gasteiger partial charge in [-0.25, -0.2) is 0 Å². The van der Waals surface area contributed by atoms with Crippen LogP contribution in [-0.2, 0) is 6.61 Å². The molecule has 1 aliphatic carbocycles. The predicted molar refractivity (Wildman–Crippen MR) is 127 cm³/mol. The normalized spacial score (nSPS) is 13.7. The highest BCUT2D eigenvalue weighted by Gasteiger charge is 2.16. The molecule has 5 nitrogen and oxygen atoms in total. The first-order chi connectivity index (χ1) is 15.7. The molecule has 0 radical (unpaired) electrons. The maximum Gasteiger partial charge on any atom is 0.255 e. The molecule has 1 fully saturated rings. The Balaban J connectivity index is 1.42. The minimum atomic E-state index is -0.221. The van der Waals surface area contributed by atoms with Crippen molar-refractivity contribution in [2.45, 2.75) is 44.8 Å². The summed E-state index contributed by atoms with van der Waals surface area (Å²) in [7, 11) is 0. The van der Waals surface area contributed by atoms with Crippen LogP contribution in [0.3, 0.4) is 0 Å². The van der Waals surface area contributed by atoms with Gasteiger partial charge in [0.25, 0.3) is 5.91 Å². The molecule has 0 unspecified atom stereocenters. The molecular weight excluding hydrogens is 398 g/mol. The zero-order valence-electron chi connectivity index (χ0n) is 18.0. The number of benzene rings is 3. The SMILES string of the molecule is N#Cc1ccc(NC2CCCCC2)c(NC(=O)c2ccc(OCc3ccccc3)cc2)c1. The van der Waals surface area contributed by atoms with Crippen molar-refractivity contribution in [1.29, 1.82) is 5.26 Å². The van der Waals surface area contributed by atoms with Crippen LogP contribution < -0.4 is 15.4 Å². The van der Waals surface area contributed by atoms with Gasteiger partial charge in [0.1, 0.15) is 12.4 Å². The maximum atomic E-state index is 12.9. The summed E-state index contributed by atoms with van der Waals surface area (Å²) in [6.45, 7) is 0.476. The minimum Gasteiger partial charge on any atom is -0.489 e. The smallest absolute Gasteiger partial charge is 0.255 e. The lowest BCUT2D eigenvalue weighted by atomic mass is 9.95. The quantitative estimate of drug-likeness (QED) is 0.477. The van der Waals surface area contributed by atoms with E-state index in [1.165, 1.54) is 19.3 Å². The Labute approximate surface area is 189 Å². The molecule has 0 atom stereocenters. The van der Waals surface area contributed by atoms with Crippen LogP contribution >= 0.6 is 0 Å². The van der Waals surface area contributed by atoms with Crippen LogP contribution in [0.15, 0.2) is 72.8 Å². The summed E-state index contributed by atoms with van der Waals surface area (Å²) in [6.07, 6.45) is 5.96. The molecule has 0 spiro atoms. The number of carbonyl (C=O) groups excluding carboxylic acids is 1. The van der Waals surface area contributed by atoms with Gasteiger partial charge in [-0.2, -0.15) is 5.26 Å². The number of nitrogens with one attached hydrogen (secondary N) is 2. The summed E-state index contributed by atoms with van der Waals surface area (Å²) in [6, 6.07) is 25.0. The molecule has 1 amide bonds. The first-order valence-electron chi connectivity index (χ1n) is 11.1. The van der Waals surface area contributed by atoms with E-state index in [1.807, 2.05) is 36.4 Å². The Hall–Kier alpha value is -3.78. The first-order valence-corrected chi connectivity index (χ1v) is 11.1. The molecule has 0 heterocycles. The van der Waals surface area contributed by atoms with Gasteiger partial charge in [0.2, 0.25) is 0 Å². The van der Waals surface area contributed by atoms with E-state index in [-0.39, 0.29) is 5.91 Å². The summed E-state index contributed by atoms with van der Waals surface area (Å²) in [5.41, 5.74) is 3.61. The molecule has 1 saturated carbocycles. The fourth-order valence-corrected chi connectivity index (χ4v) is 3.95. The van der Waals surface area contributed by atoms with Crippen molar-refractivity contribution in [3.63, 3.8) is 0 Å². The van der Waals surface area contributed by atoms with Crippen molar-refractivity contribution in [2.24, 2.45) is 0 Å². The highest BCUT2D eigenvalue weighted by molar-refractivity contribution is 6.06. The summed E-state index contributed by atoms with van der Waals surface area (Å²) in [5.74, 6) is 0.484. The number of rotatable bonds is 7. The highest BCUT2D eigenvalue weighted by atomic mass is 16.5. The third kappa shape index (κ3) is 5.67. The number of hydrogen-bond donors (Lipinski definition) is 2. The van der Waals surface area contributed by atoms with E-state index in [4.69, 9.17) is 4.74 Å². The van der Waals surface area contributed by atoms with Crippen molar-refractivity contribution < 1.29 is 9.53 Å². The van der Waals surface area contributed by atoms with Crippen molar-refractivity contribution >= 4 is 17.3 Å². The van der Waals surface area contributed by atoms with E-state index in [2.05, 4.69) is 16.7 Å². The molecule has 0 aromatic heterocycles. The van der Waals surface area contributed by atoms with Crippen LogP contribution in [-0.4, -0.2) is 11.9 Å². The number of ether oxygens (including phenoxy) is 1. The van der Waals surface area contributed by atoms with Gasteiger partial charge in [0.05, 0.1) is 23.0 Å². The van der Waals surface area contributed by atoms with E-state index in [0.29, 0.717) is 35.2 Å². The zero-order chi connectivity index (χ0) is 22.2. The van der Waals surface area contributed by atoms with Gasteiger partial charge < -0.3 is 15.4 Å². The van der Waals surface area contributed by atoms with Gasteiger partial charge in [-0.05, 0) is 60.9 Å². The van der Waals surface area contributed by atoms with E-state index in [1.54, 1.807) is 36.4 Å². The molecule has 162 valence electrons. The molecule has 5 heteroatoms. The van der Waals surface area contributed by atoms with Gasteiger partial charge in [-0.1, -0.05) is 49.6 Å². The number of nitriles is 1. The van der Waals surface area contributed by atoms with Crippen molar-refractivity contribution in [3.05, 3.63) is 89.5 Å². The number of amides is 1. The standard InChI is InChI=1S/C27H27N3O2/c28-18-21-11-16-25(29-23-9-5-2-6-10-23)26(17-21)30-27(31)22-12-14-24(15-13-22)32-19-20-7-3-1-4-8-20/h1,3-4,7-8,11-17,23,29H,2,5-6,9-10,19H2,(H,30,31). The van der Waals surface area contributed by atoms with Gasteiger partial charge in [0, 0.05) is 11.6 Å². The molecule has 3 aromatic carbocycles. The van der Waals surface area contributed by atoms with Gasteiger partial charge >= 0.3 is 0 Å². The van der Waals surface area contributed by atoms with Crippen molar-refractivity contribution in [3.8, 4) is 11.8 Å². The van der Waals surface area contributed by atoms with Crippen LogP contribution in [0.4, 0.5) is 11.4 Å². The molecule has 3 aromatic rings. The third-order valence-corrected chi connectivity index (χ3v) is 5.73. The van der Waals surface area contributed by atoms with Crippen LogP contribution in [0.2, 0.25) is 0 Å². The predicted octanol–water partition coefficient (Wildman–Crippen LogP) is 6.13. The number of carbonyl (C=O) groups is 1. The summed E-state index contributed by atoms with van der Waals surface area (Å²) < 4.78 is 5.80. The van der Waals surface area contributed by atoms with Gasteiger partial charge in [0.15, 0.2) is 0 Å². The lowest BCUT2D eigenvalue weighted by molar-refractivity contribution is 0.102. The molecule has 2 N–H and O–H groups in total. The topological polar surface area (TPSA) is 74.2 Å². The van der Waals surface area contributed by atoms with Gasteiger partial charge in [-0.15, -0.1) is 0 Å². The Morgan fingerprint density at radius 1 is 0.938 bits per heavy atom. The summed E-state index contributed by atoms with van der Waals surface area (Å²) in [4.78, 5) is 12.9. The average Bonchev–Trinajstić information content (AvgIpc) is 2.85. The average molecular weight is 426 g/mol. The second-order valence-corrected chi connectivity index (χ2v) is 8.10. The number of hydrogen-bond acceptors (Lipinski definition) is 4. The molecule has 0 saturated heterocycles. The summed E-state index contributed by atoms with van der Waals surface area (Å²) >= 11 is 0. The third-order valence-electron chi connectivity index (χ3n) is 5.73. The molecule has 32 heavy (non-hydrogen) atoms. The first kappa shape index (κ1) is 21.5. The number of nitrogens with zero attached hydrogens (tertiary/aromatic N) is 1. The molecule has 1 aliphatic rings. The summed E-state index contributed by atoms with van der Waals surface area (Å²) in [5, 5.41) is 15.8. The molecule has 4 rings (SSSR count). The van der Waals surface area contributed by atoms with Crippen LogP contribution in [0.5, 0.6) is 5.75 Å². The maximum absolute atomic E-state index is 12.9. The Kier molecular flexibility index (Phi) is 7.04. The van der Waals surface area contributed by atoms with Crippen molar-refractivity contribution in [2.75, 3.05) is 10.6 Å². The highest BCUT2D eigenvalue weighted by Crippen LogP contribution is 2.28. The van der Waals surface area contributed by atoms with Crippen LogP contribution in [0, 0.1) is 11.3 Å². The van der Waals surface area contributed by atoms with Crippen LogP contribution in [0.1, 0.15) is 53.6 Å². The monoisotopic (exact) mass is 425 g/mol.